The van der Waals surface area contributed by atoms with E-state index in [0.29, 0.717) is 6.42 Å². The van der Waals surface area contributed by atoms with Crippen molar-refractivity contribution in [2.75, 3.05) is 19.5 Å². The molecule has 1 atom stereocenters. The second-order valence-electron chi connectivity index (χ2n) is 3.64. The standard InChI is InChI=1S/C13H18N2O2/c1-15-11-8-6-10(7-9-11)4-3-5-12(14)13(16)17-2/h3-4,6-9,12,15H,5,14H2,1-2H3/b4-3+. The molecule has 3 N–H and O–H groups in total. The van der Waals surface area contributed by atoms with Crippen LogP contribution >= 0.6 is 0 Å². The highest BCUT2D eigenvalue weighted by Crippen LogP contribution is 2.10. The Morgan fingerprint density at radius 2 is 2.12 bits per heavy atom. The van der Waals surface area contributed by atoms with Crippen molar-refractivity contribution in [3.8, 4) is 0 Å². The summed E-state index contributed by atoms with van der Waals surface area (Å²) in [6.07, 6.45) is 4.28. The normalized spacial score (nSPS) is 12.4. The molecule has 0 saturated heterocycles. The maximum atomic E-state index is 11.0. The number of rotatable bonds is 5. The van der Waals surface area contributed by atoms with Crippen molar-refractivity contribution >= 4 is 17.7 Å². The summed E-state index contributed by atoms with van der Waals surface area (Å²) in [5, 5.41) is 3.05. The number of hydrogen-bond donors (Lipinski definition) is 2. The zero-order chi connectivity index (χ0) is 12.7. The number of ether oxygens (including phenoxy) is 1. The molecule has 0 aliphatic carbocycles. The summed E-state index contributed by atoms with van der Waals surface area (Å²) in [5.74, 6) is -0.389. The van der Waals surface area contributed by atoms with Crippen molar-refractivity contribution in [2.45, 2.75) is 12.5 Å². The number of benzene rings is 1. The van der Waals surface area contributed by atoms with Crippen molar-refractivity contribution in [1.29, 1.82) is 0 Å². The lowest BCUT2D eigenvalue weighted by molar-refractivity contribution is -0.142. The molecule has 0 aliphatic heterocycles. The van der Waals surface area contributed by atoms with E-state index < -0.39 is 6.04 Å². The lowest BCUT2D eigenvalue weighted by Crippen LogP contribution is -2.30. The Hall–Kier alpha value is -1.81. The zero-order valence-electron chi connectivity index (χ0n) is 10.1. The van der Waals surface area contributed by atoms with Crippen LogP contribution in [-0.4, -0.2) is 26.2 Å². The summed E-state index contributed by atoms with van der Waals surface area (Å²) in [7, 11) is 3.21. The van der Waals surface area contributed by atoms with Gasteiger partial charge in [-0.15, -0.1) is 0 Å². The third-order valence-corrected chi connectivity index (χ3v) is 2.40. The number of nitrogens with one attached hydrogen (secondary N) is 1. The van der Waals surface area contributed by atoms with E-state index in [9.17, 15) is 4.79 Å². The summed E-state index contributed by atoms with van der Waals surface area (Å²) in [4.78, 5) is 11.0. The van der Waals surface area contributed by atoms with Crippen LogP contribution in [0.25, 0.3) is 6.08 Å². The topological polar surface area (TPSA) is 64.3 Å². The molecule has 1 aromatic rings. The second kappa shape index (κ2) is 6.70. The monoisotopic (exact) mass is 234 g/mol. The Balaban J connectivity index is 2.50. The smallest absolute Gasteiger partial charge is 0.322 e. The lowest BCUT2D eigenvalue weighted by atomic mass is 10.1. The van der Waals surface area contributed by atoms with Gasteiger partial charge >= 0.3 is 5.97 Å². The van der Waals surface area contributed by atoms with Crippen LogP contribution in [0.2, 0.25) is 0 Å². The van der Waals surface area contributed by atoms with Gasteiger partial charge in [0.25, 0.3) is 0 Å². The van der Waals surface area contributed by atoms with E-state index in [-0.39, 0.29) is 5.97 Å². The molecule has 92 valence electrons. The minimum atomic E-state index is -0.590. The van der Waals surface area contributed by atoms with E-state index in [1.165, 1.54) is 7.11 Å². The maximum Gasteiger partial charge on any atom is 0.322 e. The molecule has 1 rings (SSSR count). The van der Waals surface area contributed by atoms with Crippen LogP contribution in [0.3, 0.4) is 0 Å². The van der Waals surface area contributed by atoms with E-state index in [2.05, 4.69) is 10.1 Å². The lowest BCUT2D eigenvalue weighted by Gasteiger charge is -2.05. The summed E-state index contributed by atoms with van der Waals surface area (Å²) >= 11 is 0. The Kier molecular flexibility index (Phi) is 5.23. The highest BCUT2D eigenvalue weighted by atomic mass is 16.5. The van der Waals surface area contributed by atoms with E-state index in [4.69, 9.17) is 5.73 Å². The first-order valence-electron chi connectivity index (χ1n) is 5.45. The number of nitrogens with two attached hydrogens (primary N) is 1. The molecule has 0 aromatic heterocycles. The van der Waals surface area contributed by atoms with Crippen LogP contribution in [0.15, 0.2) is 30.3 Å². The number of carbonyl (C=O) groups excluding carboxylic acids is 1. The molecule has 4 heteroatoms. The molecule has 0 aliphatic rings. The van der Waals surface area contributed by atoms with Gasteiger partial charge in [0.1, 0.15) is 6.04 Å². The Morgan fingerprint density at radius 3 is 2.65 bits per heavy atom. The average molecular weight is 234 g/mol. The largest absolute Gasteiger partial charge is 0.468 e. The first kappa shape index (κ1) is 13.3. The number of methoxy groups -OCH3 is 1. The number of hydrogen-bond acceptors (Lipinski definition) is 4. The van der Waals surface area contributed by atoms with Crippen LogP contribution in [0.4, 0.5) is 5.69 Å². The molecule has 0 saturated carbocycles. The fourth-order valence-electron chi connectivity index (χ4n) is 1.36. The van der Waals surface area contributed by atoms with Gasteiger partial charge in [-0.25, -0.2) is 0 Å². The molecule has 0 bridgehead atoms. The van der Waals surface area contributed by atoms with E-state index in [1.807, 2.05) is 43.5 Å². The fourth-order valence-corrected chi connectivity index (χ4v) is 1.36. The van der Waals surface area contributed by atoms with Gasteiger partial charge in [0.15, 0.2) is 0 Å². The maximum absolute atomic E-state index is 11.0. The van der Waals surface area contributed by atoms with Gasteiger partial charge < -0.3 is 15.8 Å². The van der Waals surface area contributed by atoms with E-state index in [1.54, 1.807) is 0 Å². The van der Waals surface area contributed by atoms with Crippen molar-refractivity contribution in [2.24, 2.45) is 5.73 Å². The van der Waals surface area contributed by atoms with Crippen LogP contribution in [-0.2, 0) is 9.53 Å². The fraction of sp³-hybridized carbons (Fsp3) is 0.308. The molecule has 1 aromatic carbocycles. The number of esters is 1. The molecule has 0 amide bonds. The molecule has 0 heterocycles. The molecule has 0 spiro atoms. The van der Waals surface area contributed by atoms with Crippen molar-refractivity contribution in [3.05, 3.63) is 35.9 Å². The van der Waals surface area contributed by atoms with Gasteiger partial charge in [-0.2, -0.15) is 0 Å². The summed E-state index contributed by atoms with van der Waals surface area (Å²) in [6.45, 7) is 0. The SMILES string of the molecule is CNc1ccc(/C=C/CC(N)C(=O)OC)cc1. The second-order valence-corrected chi connectivity index (χ2v) is 3.64. The molecule has 1 unspecified atom stereocenters. The van der Waals surface area contributed by atoms with Crippen molar-refractivity contribution in [3.63, 3.8) is 0 Å². The van der Waals surface area contributed by atoms with E-state index in [0.717, 1.165) is 11.3 Å². The Morgan fingerprint density at radius 1 is 1.47 bits per heavy atom. The Labute approximate surface area is 101 Å². The minimum Gasteiger partial charge on any atom is -0.468 e. The molecular weight excluding hydrogens is 216 g/mol. The predicted molar refractivity (Wildman–Crippen MR) is 69.6 cm³/mol. The molecular formula is C13H18N2O2. The van der Waals surface area contributed by atoms with Gasteiger partial charge in [-0.3, -0.25) is 4.79 Å². The van der Waals surface area contributed by atoms with Gasteiger partial charge in [-0.1, -0.05) is 24.3 Å². The highest BCUT2D eigenvalue weighted by molar-refractivity contribution is 5.75. The third kappa shape index (κ3) is 4.28. The van der Waals surface area contributed by atoms with Crippen LogP contribution < -0.4 is 11.1 Å². The molecule has 0 radical (unpaired) electrons. The molecule has 4 nitrogen and oxygen atoms in total. The number of carbonyl (C=O) groups is 1. The average Bonchev–Trinajstić information content (AvgIpc) is 2.38. The van der Waals surface area contributed by atoms with Gasteiger partial charge in [0, 0.05) is 12.7 Å². The quantitative estimate of drug-likeness (QED) is 0.760. The van der Waals surface area contributed by atoms with Crippen molar-refractivity contribution in [1.82, 2.24) is 0 Å². The van der Waals surface area contributed by atoms with Crippen LogP contribution in [0.5, 0.6) is 0 Å². The first-order chi connectivity index (χ1) is 8.17. The summed E-state index contributed by atoms with van der Waals surface area (Å²) < 4.78 is 4.54. The number of anilines is 1. The highest BCUT2D eigenvalue weighted by Gasteiger charge is 2.10. The Bertz CT molecular complexity index is 385. The molecule has 0 fully saturated rings. The summed E-state index contributed by atoms with van der Waals surface area (Å²) in [5.41, 5.74) is 7.74. The minimum absolute atomic E-state index is 0.389. The third-order valence-electron chi connectivity index (χ3n) is 2.40. The summed E-state index contributed by atoms with van der Waals surface area (Å²) in [6, 6.07) is 7.37. The zero-order valence-corrected chi connectivity index (χ0v) is 10.1. The van der Waals surface area contributed by atoms with Gasteiger partial charge in [0.2, 0.25) is 0 Å². The van der Waals surface area contributed by atoms with Crippen LogP contribution in [0.1, 0.15) is 12.0 Å². The predicted octanol–water partition coefficient (Wildman–Crippen LogP) is 1.63. The molecule has 17 heavy (non-hydrogen) atoms. The van der Waals surface area contributed by atoms with Gasteiger partial charge in [0.05, 0.1) is 7.11 Å². The van der Waals surface area contributed by atoms with Crippen molar-refractivity contribution < 1.29 is 9.53 Å². The van der Waals surface area contributed by atoms with Crippen LogP contribution in [0, 0.1) is 0 Å². The van der Waals surface area contributed by atoms with E-state index >= 15 is 0 Å². The van der Waals surface area contributed by atoms with Gasteiger partial charge in [-0.05, 0) is 24.1 Å². The first-order valence-corrected chi connectivity index (χ1v) is 5.45.